The molecule has 4 heteroatoms. The van der Waals surface area contributed by atoms with Gasteiger partial charge < -0.3 is 14.6 Å². The SMILES string of the molecule is C1COCCO1.CC(C)(C)[O-].[Na+]. The summed E-state index contributed by atoms with van der Waals surface area (Å²) in [5, 5.41) is 10.1. The normalized spacial score (nSPS) is 17.0. The second kappa shape index (κ2) is 8.48. The number of rotatable bonds is 0. The van der Waals surface area contributed by atoms with Crippen LogP contribution in [0.1, 0.15) is 20.8 Å². The molecule has 1 aliphatic heterocycles. The van der Waals surface area contributed by atoms with E-state index in [1.807, 2.05) is 0 Å². The maximum Gasteiger partial charge on any atom is 1.00 e. The maximum atomic E-state index is 10.1. The first-order valence-corrected chi connectivity index (χ1v) is 3.86. The third-order valence-corrected chi connectivity index (χ3v) is 0.744. The summed E-state index contributed by atoms with van der Waals surface area (Å²) in [6, 6.07) is 0. The van der Waals surface area contributed by atoms with Crippen LogP contribution in [0.5, 0.6) is 0 Å². The van der Waals surface area contributed by atoms with Gasteiger partial charge in [0.25, 0.3) is 0 Å². The molecule has 1 saturated heterocycles. The molecule has 0 radical (unpaired) electrons. The van der Waals surface area contributed by atoms with Crippen molar-refractivity contribution in [2.75, 3.05) is 26.4 Å². The van der Waals surface area contributed by atoms with Crippen LogP contribution in [0.25, 0.3) is 0 Å². The van der Waals surface area contributed by atoms with Gasteiger partial charge >= 0.3 is 29.6 Å². The van der Waals surface area contributed by atoms with Crippen LogP contribution in [0.3, 0.4) is 0 Å². The topological polar surface area (TPSA) is 41.5 Å². The standard InChI is InChI=1S/C4H8O2.C4H9O.Na/c1-2-6-4-3-5-1;1-4(2,3)5;/h1-4H2;1-3H3;/q;-1;+1. The quantitative estimate of drug-likeness (QED) is 0.381. The Labute approximate surface area is 96.7 Å². The molecule has 0 atom stereocenters. The number of ether oxygens (including phenoxy) is 2. The van der Waals surface area contributed by atoms with Crippen LogP contribution >= 0.6 is 0 Å². The molecule has 3 nitrogen and oxygen atoms in total. The average Bonchev–Trinajstić information content (AvgIpc) is 1.88. The van der Waals surface area contributed by atoms with Gasteiger partial charge in [-0.25, -0.2) is 0 Å². The molecule has 0 amide bonds. The Balaban J connectivity index is 0. The monoisotopic (exact) mass is 184 g/mol. The molecule has 68 valence electrons. The molecule has 0 aromatic heterocycles. The Morgan fingerprint density at radius 1 is 0.917 bits per heavy atom. The second-order valence-electron chi connectivity index (χ2n) is 3.34. The van der Waals surface area contributed by atoms with Crippen LogP contribution < -0.4 is 34.7 Å². The van der Waals surface area contributed by atoms with E-state index in [4.69, 9.17) is 9.47 Å². The predicted molar refractivity (Wildman–Crippen MR) is 41.4 cm³/mol. The molecule has 0 unspecified atom stereocenters. The van der Waals surface area contributed by atoms with Crippen molar-refractivity contribution < 1.29 is 44.1 Å². The largest absolute Gasteiger partial charge is 1.00 e. The van der Waals surface area contributed by atoms with E-state index >= 15 is 0 Å². The van der Waals surface area contributed by atoms with Crippen LogP contribution in [-0.2, 0) is 9.47 Å². The van der Waals surface area contributed by atoms with Crippen molar-refractivity contribution in [3.05, 3.63) is 0 Å². The van der Waals surface area contributed by atoms with E-state index in [1.165, 1.54) is 0 Å². The van der Waals surface area contributed by atoms with Gasteiger partial charge in [-0.15, -0.1) is 5.60 Å². The van der Waals surface area contributed by atoms with Crippen LogP contribution in [0.2, 0.25) is 0 Å². The van der Waals surface area contributed by atoms with Crippen molar-refractivity contribution in [2.24, 2.45) is 0 Å². The van der Waals surface area contributed by atoms with Gasteiger partial charge in [-0.2, -0.15) is 0 Å². The summed E-state index contributed by atoms with van der Waals surface area (Å²) in [6.07, 6.45) is 0. The van der Waals surface area contributed by atoms with E-state index in [2.05, 4.69) is 0 Å². The molecular formula is C8H17NaO3. The molecule has 0 aliphatic carbocycles. The van der Waals surface area contributed by atoms with Crippen LogP contribution in [-0.4, -0.2) is 32.0 Å². The molecule has 0 spiro atoms. The summed E-state index contributed by atoms with van der Waals surface area (Å²) in [5.41, 5.74) is -0.750. The number of hydrogen-bond donors (Lipinski definition) is 0. The van der Waals surface area contributed by atoms with Crippen molar-refractivity contribution in [2.45, 2.75) is 26.4 Å². The fraction of sp³-hybridized carbons (Fsp3) is 1.00. The van der Waals surface area contributed by atoms with E-state index in [0.717, 1.165) is 26.4 Å². The zero-order valence-corrected chi connectivity index (χ0v) is 10.6. The van der Waals surface area contributed by atoms with Crippen LogP contribution in [0.4, 0.5) is 0 Å². The molecule has 1 heterocycles. The molecule has 0 bridgehead atoms. The second-order valence-corrected chi connectivity index (χ2v) is 3.34. The van der Waals surface area contributed by atoms with Crippen molar-refractivity contribution in [3.63, 3.8) is 0 Å². The van der Waals surface area contributed by atoms with Gasteiger partial charge in [-0.05, 0) is 0 Å². The van der Waals surface area contributed by atoms with Crippen molar-refractivity contribution in [1.82, 2.24) is 0 Å². The number of hydrogen-bond acceptors (Lipinski definition) is 3. The van der Waals surface area contributed by atoms with Crippen molar-refractivity contribution >= 4 is 0 Å². The minimum absolute atomic E-state index is 0. The van der Waals surface area contributed by atoms with Crippen LogP contribution in [0.15, 0.2) is 0 Å². The zero-order valence-electron chi connectivity index (χ0n) is 8.55. The first-order chi connectivity index (χ1) is 5.00. The fourth-order valence-electron chi connectivity index (χ4n) is 0.440. The predicted octanol–water partition coefficient (Wildman–Crippen LogP) is -2.82. The zero-order chi connectivity index (χ0) is 8.74. The van der Waals surface area contributed by atoms with E-state index in [-0.39, 0.29) is 29.6 Å². The Hall–Kier alpha value is 0.880. The van der Waals surface area contributed by atoms with E-state index in [0.29, 0.717) is 0 Å². The first-order valence-electron chi connectivity index (χ1n) is 3.86. The van der Waals surface area contributed by atoms with Crippen molar-refractivity contribution in [1.29, 1.82) is 0 Å². The maximum absolute atomic E-state index is 10.1. The van der Waals surface area contributed by atoms with Gasteiger partial charge in [0.2, 0.25) is 0 Å². The smallest absolute Gasteiger partial charge is 0.850 e. The molecular weight excluding hydrogens is 167 g/mol. The molecule has 0 aromatic rings. The molecule has 0 aromatic carbocycles. The van der Waals surface area contributed by atoms with Crippen LogP contribution in [0, 0.1) is 0 Å². The Bertz CT molecular complexity index is 69.3. The van der Waals surface area contributed by atoms with Gasteiger partial charge in [-0.3, -0.25) is 0 Å². The Morgan fingerprint density at radius 2 is 1.08 bits per heavy atom. The molecule has 0 saturated carbocycles. The Morgan fingerprint density at radius 3 is 1.17 bits per heavy atom. The van der Waals surface area contributed by atoms with Gasteiger partial charge in [0.05, 0.1) is 26.4 Å². The summed E-state index contributed by atoms with van der Waals surface area (Å²) in [5.74, 6) is 0. The summed E-state index contributed by atoms with van der Waals surface area (Å²) >= 11 is 0. The van der Waals surface area contributed by atoms with E-state index < -0.39 is 5.60 Å². The summed E-state index contributed by atoms with van der Waals surface area (Å²) in [6.45, 7) is 8.01. The molecule has 1 fully saturated rings. The third kappa shape index (κ3) is 22.4. The summed E-state index contributed by atoms with van der Waals surface area (Å²) in [4.78, 5) is 0. The fourth-order valence-corrected chi connectivity index (χ4v) is 0.440. The molecule has 0 N–H and O–H groups in total. The van der Waals surface area contributed by atoms with E-state index in [9.17, 15) is 5.11 Å². The molecule has 12 heavy (non-hydrogen) atoms. The average molecular weight is 184 g/mol. The van der Waals surface area contributed by atoms with Crippen molar-refractivity contribution in [3.8, 4) is 0 Å². The van der Waals surface area contributed by atoms with Gasteiger partial charge in [0, 0.05) is 0 Å². The molecule has 1 aliphatic rings. The van der Waals surface area contributed by atoms with Gasteiger partial charge in [0.15, 0.2) is 0 Å². The van der Waals surface area contributed by atoms with Gasteiger partial charge in [0.1, 0.15) is 0 Å². The first kappa shape index (κ1) is 15.4. The minimum Gasteiger partial charge on any atom is -0.850 e. The van der Waals surface area contributed by atoms with E-state index in [1.54, 1.807) is 20.8 Å². The minimum atomic E-state index is -0.750. The Kier molecular flexibility index (Phi) is 10.8. The summed E-state index contributed by atoms with van der Waals surface area (Å²) in [7, 11) is 0. The third-order valence-electron chi connectivity index (χ3n) is 0.744. The molecule has 1 rings (SSSR count). The van der Waals surface area contributed by atoms with Gasteiger partial charge in [-0.1, -0.05) is 20.8 Å². The summed E-state index contributed by atoms with van der Waals surface area (Å²) < 4.78 is 9.89.